The molecule has 0 atom stereocenters. The molecule has 0 amide bonds. The van der Waals surface area contributed by atoms with Crippen LogP contribution in [0.2, 0.25) is 5.02 Å². The molecule has 0 aliphatic carbocycles. The molecule has 1 aromatic carbocycles. The van der Waals surface area contributed by atoms with Gasteiger partial charge in [0.1, 0.15) is 5.02 Å². The predicted octanol–water partition coefficient (Wildman–Crippen LogP) is 2.85. The maximum atomic E-state index is 13.7. The fourth-order valence-electron chi connectivity index (χ4n) is 1.17. The second-order valence-electron chi connectivity index (χ2n) is 4.43. The first-order chi connectivity index (χ1) is 6.72. The number of hydrogen-bond donors (Lipinski definition) is 3. The molecule has 3 nitrogen and oxygen atoms in total. The van der Waals surface area contributed by atoms with Crippen LogP contribution in [0.3, 0.4) is 0 Å². The van der Waals surface area contributed by atoms with Gasteiger partial charge in [0.25, 0.3) is 0 Å². The molecule has 0 aliphatic heterocycles. The van der Waals surface area contributed by atoms with E-state index in [1.54, 1.807) is 0 Å². The molecule has 0 bridgehead atoms. The van der Waals surface area contributed by atoms with Crippen LogP contribution >= 0.6 is 11.6 Å². The van der Waals surface area contributed by atoms with Crippen LogP contribution in [-0.4, -0.2) is 5.54 Å². The van der Waals surface area contributed by atoms with E-state index in [9.17, 15) is 4.39 Å². The van der Waals surface area contributed by atoms with Crippen molar-refractivity contribution in [2.75, 3.05) is 16.8 Å². The maximum absolute atomic E-state index is 13.7. The highest BCUT2D eigenvalue weighted by molar-refractivity contribution is 6.33. The summed E-state index contributed by atoms with van der Waals surface area (Å²) < 4.78 is 13.7. The van der Waals surface area contributed by atoms with E-state index < -0.39 is 5.82 Å². The number of halogens is 2. The summed E-state index contributed by atoms with van der Waals surface area (Å²) >= 11 is 5.69. The minimum Gasteiger partial charge on any atom is -0.397 e. The normalized spacial score (nSPS) is 11.5. The molecule has 0 heterocycles. The van der Waals surface area contributed by atoms with Crippen molar-refractivity contribution in [3.63, 3.8) is 0 Å². The Morgan fingerprint density at radius 2 is 1.80 bits per heavy atom. The summed E-state index contributed by atoms with van der Waals surface area (Å²) in [6.45, 7) is 5.70. The fourth-order valence-corrected chi connectivity index (χ4v) is 1.32. The maximum Gasteiger partial charge on any atom is 0.169 e. The van der Waals surface area contributed by atoms with E-state index in [0.717, 1.165) is 0 Å². The Hall–Kier alpha value is -1.16. The largest absolute Gasteiger partial charge is 0.397 e. The number of nitrogen functional groups attached to an aromatic ring is 2. The Morgan fingerprint density at radius 1 is 1.27 bits per heavy atom. The van der Waals surface area contributed by atoms with Gasteiger partial charge >= 0.3 is 0 Å². The van der Waals surface area contributed by atoms with E-state index in [1.807, 2.05) is 20.8 Å². The van der Waals surface area contributed by atoms with Crippen LogP contribution in [0.25, 0.3) is 0 Å². The molecule has 0 aromatic heterocycles. The highest BCUT2D eigenvalue weighted by atomic mass is 35.5. The van der Waals surface area contributed by atoms with Gasteiger partial charge in [-0.3, -0.25) is 0 Å². The smallest absolute Gasteiger partial charge is 0.169 e. The van der Waals surface area contributed by atoms with Crippen molar-refractivity contribution in [2.24, 2.45) is 0 Å². The molecule has 0 radical (unpaired) electrons. The number of hydrogen-bond acceptors (Lipinski definition) is 3. The van der Waals surface area contributed by atoms with Crippen LogP contribution in [0.1, 0.15) is 20.8 Å². The number of anilines is 3. The third kappa shape index (κ3) is 2.65. The van der Waals surface area contributed by atoms with Gasteiger partial charge in [-0.2, -0.15) is 0 Å². The zero-order valence-corrected chi connectivity index (χ0v) is 9.74. The van der Waals surface area contributed by atoms with Gasteiger partial charge in [-0.25, -0.2) is 4.39 Å². The highest BCUT2D eigenvalue weighted by Gasteiger charge is 2.18. The van der Waals surface area contributed by atoms with Gasteiger partial charge in [0.05, 0.1) is 17.1 Å². The Balaban J connectivity index is 3.24. The van der Waals surface area contributed by atoms with Crippen molar-refractivity contribution in [3.05, 3.63) is 16.9 Å². The van der Waals surface area contributed by atoms with Gasteiger partial charge in [-0.05, 0) is 26.8 Å². The number of rotatable bonds is 1. The monoisotopic (exact) mass is 231 g/mol. The van der Waals surface area contributed by atoms with E-state index in [1.165, 1.54) is 6.07 Å². The number of nitrogens with two attached hydrogens (primary N) is 2. The fraction of sp³-hybridized carbons (Fsp3) is 0.400. The predicted molar refractivity (Wildman–Crippen MR) is 63.6 cm³/mol. The summed E-state index contributed by atoms with van der Waals surface area (Å²) in [4.78, 5) is 0. The zero-order chi connectivity index (χ0) is 11.8. The van der Waals surface area contributed by atoms with Gasteiger partial charge in [0.15, 0.2) is 5.82 Å². The molecule has 0 spiro atoms. The van der Waals surface area contributed by atoms with Crippen LogP contribution in [0.15, 0.2) is 6.07 Å². The molecule has 0 aliphatic rings. The lowest BCUT2D eigenvalue weighted by molar-refractivity contribution is 0.599. The summed E-state index contributed by atoms with van der Waals surface area (Å²) in [6.07, 6.45) is 0. The van der Waals surface area contributed by atoms with E-state index in [2.05, 4.69) is 5.32 Å². The summed E-state index contributed by atoms with van der Waals surface area (Å²) in [7, 11) is 0. The average Bonchev–Trinajstić information content (AvgIpc) is 2.07. The third-order valence-corrected chi connectivity index (χ3v) is 2.15. The Morgan fingerprint density at radius 3 is 2.27 bits per heavy atom. The molecular weight excluding hydrogens is 217 g/mol. The van der Waals surface area contributed by atoms with E-state index in [4.69, 9.17) is 23.1 Å². The van der Waals surface area contributed by atoms with Crippen LogP contribution in [0, 0.1) is 5.82 Å². The minimum atomic E-state index is -0.607. The number of nitrogens with one attached hydrogen (secondary N) is 1. The lowest BCUT2D eigenvalue weighted by atomic mass is 10.1. The molecule has 15 heavy (non-hydrogen) atoms. The lowest BCUT2D eigenvalue weighted by Crippen LogP contribution is -2.27. The number of benzene rings is 1. The SMILES string of the molecule is CC(C)(C)Nc1c(N)cc(N)c(Cl)c1F. The van der Waals surface area contributed by atoms with Crippen molar-refractivity contribution < 1.29 is 4.39 Å². The second kappa shape index (κ2) is 3.77. The Labute approximate surface area is 93.6 Å². The van der Waals surface area contributed by atoms with Crippen molar-refractivity contribution in [1.82, 2.24) is 0 Å². The van der Waals surface area contributed by atoms with Gasteiger partial charge < -0.3 is 16.8 Å². The summed E-state index contributed by atoms with van der Waals surface area (Å²) in [5, 5.41) is 2.84. The van der Waals surface area contributed by atoms with Gasteiger partial charge in [0, 0.05) is 5.54 Å². The molecule has 0 saturated heterocycles. The van der Waals surface area contributed by atoms with E-state index in [0.29, 0.717) is 0 Å². The van der Waals surface area contributed by atoms with Gasteiger partial charge in [0.2, 0.25) is 0 Å². The van der Waals surface area contributed by atoms with Crippen LogP contribution in [0.5, 0.6) is 0 Å². The van der Waals surface area contributed by atoms with Gasteiger partial charge in [-0.15, -0.1) is 0 Å². The van der Waals surface area contributed by atoms with E-state index in [-0.39, 0.29) is 27.6 Å². The Bertz CT molecular complexity index is 385. The van der Waals surface area contributed by atoms with Crippen molar-refractivity contribution in [3.8, 4) is 0 Å². The quantitative estimate of drug-likeness (QED) is 0.652. The van der Waals surface area contributed by atoms with Crippen LogP contribution < -0.4 is 16.8 Å². The molecule has 84 valence electrons. The molecule has 1 aromatic rings. The molecular formula is C10H15ClFN3. The minimum absolute atomic E-state index is 0.101. The highest BCUT2D eigenvalue weighted by Crippen LogP contribution is 2.34. The summed E-state index contributed by atoms with van der Waals surface area (Å²) in [5.41, 5.74) is 11.4. The summed E-state index contributed by atoms with van der Waals surface area (Å²) in [5.74, 6) is -0.607. The van der Waals surface area contributed by atoms with Gasteiger partial charge in [-0.1, -0.05) is 11.6 Å². The van der Waals surface area contributed by atoms with Crippen LogP contribution in [0.4, 0.5) is 21.5 Å². The molecule has 0 unspecified atom stereocenters. The molecule has 5 N–H and O–H groups in total. The third-order valence-electron chi connectivity index (χ3n) is 1.77. The topological polar surface area (TPSA) is 64.1 Å². The Kier molecular flexibility index (Phi) is 3.00. The molecule has 1 rings (SSSR count). The van der Waals surface area contributed by atoms with Crippen molar-refractivity contribution in [1.29, 1.82) is 0 Å². The average molecular weight is 232 g/mol. The van der Waals surface area contributed by atoms with Crippen molar-refractivity contribution >= 4 is 28.7 Å². The lowest BCUT2D eigenvalue weighted by Gasteiger charge is -2.24. The van der Waals surface area contributed by atoms with Crippen LogP contribution in [-0.2, 0) is 0 Å². The standard InChI is InChI=1S/C10H15ClFN3/c1-10(2,3)15-9-6(14)4-5(13)7(11)8(9)12/h4,15H,13-14H2,1-3H3. The first kappa shape index (κ1) is 11.9. The summed E-state index contributed by atoms with van der Waals surface area (Å²) in [6, 6.07) is 1.44. The van der Waals surface area contributed by atoms with E-state index >= 15 is 0 Å². The van der Waals surface area contributed by atoms with Crippen molar-refractivity contribution in [2.45, 2.75) is 26.3 Å². The zero-order valence-electron chi connectivity index (χ0n) is 8.99. The first-order valence-electron chi connectivity index (χ1n) is 4.53. The first-order valence-corrected chi connectivity index (χ1v) is 4.91. The molecule has 0 fully saturated rings. The second-order valence-corrected chi connectivity index (χ2v) is 4.81. The molecule has 5 heteroatoms. The molecule has 0 saturated carbocycles.